The summed E-state index contributed by atoms with van der Waals surface area (Å²) in [7, 11) is 0. The van der Waals surface area contributed by atoms with Crippen LogP contribution in [-0.2, 0) is 4.74 Å². The second-order valence-corrected chi connectivity index (χ2v) is 7.82. The van der Waals surface area contributed by atoms with Gasteiger partial charge in [-0.05, 0) is 59.6 Å². The zero-order valence-electron chi connectivity index (χ0n) is 11.7. The molecular weight excluding hydrogens is 290 g/mol. The Bertz CT molecular complexity index is 399. The molecule has 2 unspecified atom stereocenters. The predicted molar refractivity (Wildman–Crippen MR) is 85.5 cm³/mol. The predicted octanol–water partition coefficient (Wildman–Crippen LogP) is 2.82. The van der Waals surface area contributed by atoms with Gasteiger partial charge in [0.25, 0.3) is 0 Å². The smallest absolute Gasteiger partial charge is 0.0922 e. The Morgan fingerprint density at radius 3 is 3.05 bits per heavy atom. The van der Waals surface area contributed by atoms with Crippen LogP contribution in [0.2, 0.25) is 0 Å². The van der Waals surface area contributed by atoms with Gasteiger partial charge in [0, 0.05) is 19.2 Å². The van der Waals surface area contributed by atoms with E-state index in [1.807, 2.05) is 28.6 Å². The molecule has 0 bridgehead atoms. The Morgan fingerprint density at radius 2 is 2.30 bits per heavy atom. The Labute approximate surface area is 129 Å². The number of nitrogens with one attached hydrogen (secondary N) is 1. The van der Waals surface area contributed by atoms with Gasteiger partial charge in [-0.1, -0.05) is 0 Å². The molecular formula is C15H23NO2S2. The van der Waals surface area contributed by atoms with Crippen LogP contribution in [0.1, 0.15) is 37.4 Å². The number of hydrogen-bond donors (Lipinski definition) is 2. The third-order valence-corrected chi connectivity index (χ3v) is 6.11. The van der Waals surface area contributed by atoms with Gasteiger partial charge in [0.05, 0.1) is 11.7 Å². The van der Waals surface area contributed by atoms with Gasteiger partial charge in [0.15, 0.2) is 0 Å². The summed E-state index contributed by atoms with van der Waals surface area (Å²) in [5.74, 6) is 2.45. The van der Waals surface area contributed by atoms with E-state index in [1.54, 1.807) is 11.3 Å². The molecule has 2 aliphatic heterocycles. The Hall–Kier alpha value is -0.0700. The second kappa shape index (κ2) is 6.79. The standard InChI is InChI=1S/C15H23NO2S2/c17-14(12-2-6-20-11-12)10-16-13-1-5-18-15(9-13)3-7-19-8-4-15/h2,6,11,13-14,16-17H,1,3-5,7-10H2. The number of aliphatic hydroxyl groups is 1. The Morgan fingerprint density at radius 1 is 1.45 bits per heavy atom. The fourth-order valence-corrected chi connectivity index (χ4v) is 5.10. The van der Waals surface area contributed by atoms with E-state index in [-0.39, 0.29) is 11.7 Å². The maximum atomic E-state index is 10.2. The molecule has 20 heavy (non-hydrogen) atoms. The SMILES string of the molecule is OC(CNC1CCOC2(CCSCC2)C1)c1ccsc1. The molecule has 5 heteroatoms. The van der Waals surface area contributed by atoms with E-state index in [0.717, 1.165) is 25.0 Å². The Kier molecular flexibility index (Phi) is 5.04. The van der Waals surface area contributed by atoms with Gasteiger partial charge in [0.1, 0.15) is 0 Å². The zero-order valence-corrected chi connectivity index (χ0v) is 13.3. The summed E-state index contributed by atoms with van der Waals surface area (Å²) in [6.45, 7) is 1.50. The van der Waals surface area contributed by atoms with E-state index in [9.17, 15) is 5.11 Å². The van der Waals surface area contributed by atoms with E-state index in [0.29, 0.717) is 12.6 Å². The van der Waals surface area contributed by atoms with E-state index < -0.39 is 0 Å². The molecule has 3 rings (SSSR count). The maximum Gasteiger partial charge on any atom is 0.0922 e. The van der Waals surface area contributed by atoms with Gasteiger partial charge in [-0.25, -0.2) is 0 Å². The Balaban J connectivity index is 1.50. The highest BCUT2D eigenvalue weighted by Crippen LogP contribution is 2.37. The molecule has 0 aromatic carbocycles. The summed E-state index contributed by atoms with van der Waals surface area (Å²) >= 11 is 3.68. The van der Waals surface area contributed by atoms with Crippen LogP contribution in [0.5, 0.6) is 0 Å². The van der Waals surface area contributed by atoms with Crippen molar-refractivity contribution in [2.45, 2.75) is 43.4 Å². The first-order valence-electron chi connectivity index (χ1n) is 7.43. The highest BCUT2D eigenvalue weighted by Gasteiger charge is 2.38. The molecule has 2 fully saturated rings. The quantitative estimate of drug-likeness (QED) is 0.897. The molecule has 2 saturated heterocycles. The lowest BCUT2D eigenvalue weighted by atomic mass is 9.85. The molecule has 112 valence electrons. The molecule has 2 aliphatic rings. The van der Waals surface area contributed by atoms with Crippen LogP contribution in [0, 0.1) is 0 Å². The van der Waals surface area contributed by atoms with Crippen molar-refractivity contribution in [1.29, 1.82) is 0 Å². The first kappa shape index (κ1) is 14.9. The normalized spacial score (nSPS) is 27.6. The van der Waals surface area contributed by atoms with Gasteiger partial charge < -0.3 is 15.2 Å². The summed E-state index contributed by atoms with van der Waals surface area (Å²) in [4.78, 5) is 0. The maximum absolute atomic E-state index is 10.2. The fraction of sp³-hybridized carbons (Fsp3) is 0.733. The number of thioether (sulfide) groups is 1. The lowest BCUT2D eigenvalue weighted by Gasteiger charge is -2.43. The van der Waals surface area contributed by atoms with Gasteiger partial charge in [-0.15, -0.1) is 0 Å². The van der Waals surface area contributed by atoms with Gasteiger partial charge in [-0.2, -0.15) is 23.1 Å². The van der Waals surface area contributed by atoms with Crippen molar-refractivity contribution in [3.63, 3.8) is 0 Å². The average molecular weight is 313 g/mol. The van der Waals surface area contributed by atoms with E-state index in [2.05, 4.69) is 5.32 Å². The van der Waals surface area contributed by atoms with E-state index >= 15 is 0 Å². The summed E-state index contributed by atoms with van der Waals surface area (Å²) in [5.41, 5.74) is 1.15. The first-order chi connectivity index (χ1) is 9.77. The van der Waals surface area contributed by atoms with E-state index in [1.165, 1.54) is 24.3 Å². The van der Waals surface area contributed by atoms with Gasteiger partial charge in [0.2, 0.25) is 0 Å². The molecule has 3 nitrogen and oxygen atoms in total. The summed E-state index contributed by atoms with van der Waals surface area (Å²) in [6.07, 6.45) is 4.14. The van der Waals surface area contributed by atoms with E-state index in [4.69, 9.17) is 4.74 Å². The number of rotatable bonds is 4. The zero-order chi connectivity index (χ0) is 13.8. The fourth-order valence-electron chi connectivity index (χ4n) is 3.15. The van der Waals surface area contributed by atoms with Crippen molar-refractivity contribution in [2.24, 2.45) is 0 Å². The minimum Gasteiger partial charge on any atom is -0.387 e. The third kappa shape index (κ3) is 3.57. The van der Waals surface area contributed by atoms with Crippen molar-refractivity contribution in [1.82, 2.24) is 5.32 Å². The summed E-state index contributed by atoms with van der Waals surface area (Å²) < 4.78 is 6.10. The lowest BCUT2D eigenvalue weighted by molar-refractivity contribution is -0.0938. The molecule has 1 aromatic rings. The minimum absolute atomic E-state index is 0.120. The van der Waals surface area contributed by atoms with Crippen LogP contribution < -0.4 is 5.32 Å². The van der Waals surface area contributed by atoms with Crippen LogP contribution in [0.3, 0.4) is 0 Å². The van der Waals surface area contributed by atoms with Crippen LogP contribution in [0.25, 0.3) is 0 Å². The monoisotopic (exact) mass is 313 g/mol. The molecule has 2 atom stereocenters. The number of thiophene rings is 1. The topological polar surface area (TPSA) is 41.5 Å². The molecule has 2 N–H and O–H groups in total. The molecule has 0 aliphatic carbocycles. The van der Waals surface area contributed by atoms with Gasteiger partial charge >= 0.3 is 0 Å². The highest BCUT2D eigenvalue weighted by atomic mass is 32.2. The molecule has 1 aromatic heterocycles. The van der Waals surface area contributed by atoms with Crippen LogP contribution in [0.15, 0.2) is 16.8 Å². The number of ether oxygens (including phenoxy) is 1. The molecule has 0 saturated carbocycles. The first-order valence-corrected chi connectivity index (χ1v) is 9.52. The second-order valence-electron chi connectivity index (χ2n) is 5.81. The highest BCUT2D eigenvalue weighted by molar-refractivity contribution is 7.99. The van der Waals surface area contributed by atoms with Crippen LogP contribution in [-0.4, -0.2) is 41.4 Å². The van der Waals surface area contributed by atoms with Crippen molar-refractivity contribution in [3.05, 3.63) is 22.4 Å². The van der Waals surface area contributed by atoms with Crippen LogP contribution in [0.4, 0.5) is 0 Å². The molecule has 0 amide bonds. The van der Waals surface area contributed by atoms with Crippen molar-refractivity contribution in [3.8, 4) is 0 Å². The lowest BCUT2D eigenvalue weighted by Crippen LogP contribution is -2.49. The molecule has 3 heterocycles. The van der Waals surface area contributed by atoms with Crippen LogP contribution >= 0.6 is 23.1 Å². The summed E-state index contributed by atoms with van der Waals surface area (Å²) in [5, 5.41) is 17.7. The van der Waals surface area contributed by atoms with Gasteiger partial charge in [-0.3, -0.25) is 0 Å². The third-order valence-electron chi connectivity index (χ3n) is 4.42. The minimum atomic E-state index is -0.387. The number of aliphatic hydroxyl groups excluding tert-OH is 1. The number of hydrogen-bond acceptors (Lipinski definition) is 5. The van der Waals surface area contributed by atoms with Crippen molar-refractivity contribution in [2.75, 3.05) is 24.7 Å². The van der Waals surface area contributed by atoms with Crippen molar-refractivity contribution >= 4 is 23.1 Å². The average Bonchev–Trinajstić information content (AvgIpc) is 3.00. The molecule has 1 spiro atoms. The van der Waals surface area contributed by atoms with Crippen molar-refractivity contribution < 1.29 is 9.84 Å². The largest absolute Gasteiger partial charge is 0.387 e. The summed E-state index contributed by atoms with van der Waals surface area (Å²) in [6, 6.07) is 2.49. The molecule has 0 radical (unpaired) electrons.